The molecule has 1 aliphatic carbocycles. The van der Waals surface area contributed by atoms with Crippen LogP contribution in [0, 0.1) is 12.3 Å². The lowest BCUT2D eigenvalue weighted by Gasteiger charge is -1.90. The highest BCUT2D eigenvalue weighted by molar-refractivity contribution is 5.18. The zero-order chi connectivity index (χ0) is 6.69. The van der Waals surface area contributed by atoms with Crippen LogP contribution in [0.2, 0.25) is 0 Å². The molecule has 0 heterocycles. The van der Waals surface area contributed by atoms with Gasteiger partial charge in [0.2, 0.25) is 0 Å². The summed E-state index contributed by atoms with van der Waals surface area (Å²) in [6, 6.07) is 0.272. The molecule has 9 heavy (non-hydrogen) atoms. The van der Waals surface area contributed by atoms with Crippen LogP contribution in [0.25, 0.3) is 0 Å². The summed E-state index contributed by atoms with van der Waals surface area (Å²) in [5.41, 5.74) is 6.95. The highest BCUT2D eigenvalue weighted by atomic mass is 14.6. The third-order valence-corrected chi connectivity index (χ3v) is 1.58. The first-order valence-electron chi connectivity index (χ1n) is 3.21. The minimum absolute atomic E-state index is 0.272. The molecule has 0 saturated heterocycles. The average Bonchev–Trinajstić information content (AvgIpc) is 2.17. The van der Waals surface area contributed by atoms with Gasteiger partial charge in [-0.3, -0.25) is 0 Å². The van der Waals surface area contributed by atoms with Crippen LogP contribution in [-0.2, 0) is 0 Å². The van der Waals surface area contributed by atoms with Crippen LogP contribution >= 0.6 is 0 Å². The van der Waals surface area contributed by atoms with E-state index in [4.69, 9.17) is 12.2 Å². The minimum atomic E-state index is 0.272. The Hall–Kier alpha value is -0.740. The standard InChI is InChI=1S/C8H11N/c1-2-3-7-4-5-8(9)6-7/h1,6,8H,3-5,9H2. The number of nitrogens with two attached hydrogens (primary N) is 1. The summed E-state index contributed by atoms with van der Waals surface area (Å²) in [6.07, 6.45) is 10.2. The van der Waals surface area contributed by atoms with Gasteiger partial charge in [-0.1, -0.05) is 11.6 Å². The van der Waals surface area contributed by atoms with E-state index >= 15 is 0 Å². The van der Waals surface area contributed by atoms with Gasteiger partial charge in [-0.15, -0.1) is 12.3 Å². The second kappa shape index (κ2) is 2.70. The average molecular weight is 121 g/mol. The maximum atomic E-state index is 5.61. The summed E-state index contributed by atoms with van der Waals surface area (Å²) in [5.74, 6) is 2.61. The van der Waals surface area contributed by atoms with Crippen molar-refractivity contribution in [2.45, 2.75) is 25.3 Å². The van der Waals surface area contributed by atoms with Gasteiger partial charge in [0.25, 0.3) is 0 Å². The van der Waals surface area contributed by atoms with Crippen molar-refractivity contribution in [2.24, 2.45) is 5.73 Å². The Balaban J connectivity index is 2.44. The summed E-state index contributed by atoms with van der Waals surface area (Å²) < 4.78 is 0. The van der Waals surface area contributed by atoms with Gasteiger partial charge in [0, 0.05) is 12.5 Å². The molecule has 0 aromatic heterocycles. The van der Waals surface area contributed by atoms with Crippen LogP contribution in [-0.4, -0.2) is 6.04 Å². The molecule has 1 atom stereocenters. The molecule has 1 aliphatic rings. The van der Waals surface area contributed by atoms with Crippen molar-refractivity contribution in [2.75, 3.05) is 0 Å². The minimum Gasteiger partial charge on any atom is -0.324 e. The Morgan fingerprint density at radius 2 is 2.67 bits per heavy atom. The summed E-state index contributed by atoms with van der Waals surface area (Å²) in [4.78, 5) is 0. The molecule has 0 aromatic carbocycles. The van der Waals surface area contributed by atoms with Gasteiger partial charge in [0.15, 0.2) is 0 Å². The molecule has 0 saturated carbocycles. The summed E-state index contributed by atoms with van der Waals surface area (Å²) >= 11 is 0. The lowest BCUT2D eigenvalue weighted by Crippen LogP contribution is -2.11. The van der Waals surface area contributed by atoms with Crippen molar-refractivity contribution in [3.8, 4) is 12.3 Å². The third kappa shape index (κ3) is 1.58. The van der Waals surface area contributed by atoms with Gasteiger partial charge in [-0.25, -0.2) is 0 Å². The molecule has 0 radical (unpaired) electrons. The molecule has 2 N–H and O–H groups in total. The van der Waals surface area contributed by atoms with Gasteiger partial charge in [-0.05, 0) is 12.8 Å². The van der Waals surface area contributed by atoms with E-state index in [1.165, 1.54) is 5.57 Å². The summed E-state index contributed by atoms with van der Waals surface area (Å²) in [5, 5.41) is 0. The van der Waals surface area contributed by atoms with Crippen LogP contribution in [0.4, 0.5) is 0 Å². The lowest BCUT2D eigenvalue weighted by atomic mass is 10.2. The quantitative estimate of drug-likeness (QED) is 0.407. The molecule has 0 amide bonds. The van der Waals surface area contributed by atoms with Crippen LogP contribution in [0.5, 0.6) is 0 Å². The molecule has 0 bridgehead atoms. The Bertz CT molecular complexity index is 162. The molecule has 0 aliphatic heterocycles. The van der Waals surface area contributed by atoms with Crippen molar-refractivity contribution < 1.29 is 0 Å². The molecule has 48 valence electrons. The SMILES string of the molecule is C#CCC1=CC(N)CC1. The number of hydrogen-bond acceptors (Lipinski definition) is 1. The fraction of sp³-hybridized carbons (Fsp3) is 0.500. The van der Waals surface area contributed by atoms with E-state index in [0.29, 0.717) is 0 Å². The monoisotopic (exact) mass is 121 g/mol. The fourth-order valence-electron chi connectivity index (χ4n) is 1.10. The number of hydrogen-bond donors (Lipinski definition) is 1. The normalized spacial score (nSPS) is 25.3. The van der Waals surface area contributed by atoms with Crippen molar-refractivity contribution in [3.05, 3.63) is 11.6 Å². The highest BCUT2D eigenvalue weighted by Gasteiger charge is 2.09. The largest absolute Gasteiger partial charge is 0.324 e. The molecule has 0 aromatic rings. The predicted octanol–water partition coefficient (Wildman–Crippen LogP) is 1.06. The van der Waals surface area contributed by atoms with Crippen molar-refractivity contribution in [1.29, 1.82) is 0 Å². The predicted molar refractivity (Wildman–Crippen MR) is 38.7 cm³/mol. The zero-order valence-electron chi connectivity index (χ0n) is 5.43. The molecular formula is C8H11N. The Morgan fingerprint density at radius 1 is 1.89 bits per heavy atom. The fourth-order valence-corrected chi connectivity index (χ4v) is 1.10. The molecule has 1 unspecified atom stereocenters. The second-order valence-electron chi connectivity index (χ2n) is 2.41. The Morgan fingerprint density at radius 3 is 3.11 bits per heavy atom. The smallest absolute Gasteiger partial charge is 0.0297 e. The molecule has 1 rings (SSSR count). The maximum absolute atomic E-state index is 5.61. The van der Waals surface area contributed by atoms with E-state index in [2.05, 4.69) is 12.0 Å². The van der Waals surface area contributed by atoms with Crippen LogP contribution < -0.4 is 5.73 Å². The van der Waals surface area contributed by atoms with Gasteiger partial charge < -0.3 is 5.73 Å². The van der Waals surface area contributed by atoms with Gasteiger partial charge >= 0.3 is 0 Å². The second-order valence-corrected chi connectivity index (χ2v) is 2.41. The zero-order valence-corrected chi connectivity index (χ0v) is 5.43. The van der Waals surface area contributed by atoms with Crippen molar-refractivity contribution >= 4 is 0 Å². The van der Waals surface area contributed by atoms with Gasteiger partial charge in [-0.2, -0.15) is 0 Å². The number of terminal acetylenes is 1. The number of rotatable bonds is 1. The Labute approximate surface area is 55.9 Å². The van der Waals surface area contributed by atoms with E-state index in [-0.39, 0.29) is 6.04 Å². The van der Waals surface area contributed by atoms with Gasteiger partial charge in [0.05, 0.1) is 0 Å². The van der Waals surface area contributed by atoms with Crippen molar-refractivity contribution in [1.82, 2.24) is 0 Å². The summed E-state index contributed by atoms with van der Waals surface area (Å²) in [6.45, 7) is 0. The third-order valence-electron chi connectivity index (χ3n) is 1.58. The summed E-state index contributed by atoms with van der Waals surface area (Å²) in [7, 11) is 0. The van der Waals surface area contributed by atoms with Crippen LogP contribution in [0.15, 0.2) is 11.6 Å². The molecule has 0 fully saturated rings. The van der Waals surface area contributed by atoms with Crippen LogP contribution in [0.3, 0.4) is 0 Å². The molecular weight excluding hydrogens is 110 g/mol. The van der Waals surface area contributed by atoms with Crippen molar-refractivity contribution in [3.63, 3.8) is 0 Å². The van der Waals surface area contributed by atoms with E-state index in [1.54, 1.807) is 0 Å². The van der Waals surface area contributed by atoms with E-state index in [9.17, 15) is 0 Å². The molecule has 1 heteroatoms. The van der Waals surface area contributed by atoms with E-state index < -0.39 is 0 Å². The first kappa shape index (κ1) is 6.38. The topological polar surface area (TPSA) is 26.0 Å². The first-order chi connectivity index (χ1) is 4.33. The van der Waals surface area contributed by atoms with E-state index in [0.717, 1.165) is 19.3 Å². The maximum Gasteiger partial charge on any atom is 0.0297 e. The Kier molecular flexibility index (Phi) is 1.92. The first-order valence-corrected chi connectivity index (χ1v) is 3.21. The lowest BCUT2D eigenvalue weighted by molar-refractivity contribution is 0.771. The number of allylic oxidation sites excluding steroid dienone is 1. The molecule has 0 spiro atoms. The van der Waals surface area contributed by atoms with Gasteiger partial charge in [0.1, 0.15) is 0 Å². The molecule has 1 nitrogen and oxygen atoms in total. The van der Waals surface area contributed by atoms with E-state index in [1.807, 2.05) is 0 Å². The van der Waals surface area contributed by atoms with Crippen LogP contribution in [0.1, 0.15) is 19.3 Å². The highest BCUT2D eigenvalue weighted by Crippen LogP contribution is 2.18.